The maximum absolute atomic E-state index is 13.5. The summed E-state index contributed by atoms with van der Waals surface area (Å²) >= 11 is 0. The molecule has 3 heteroatoms. The van der Waals surface area contributed by atoms with Gasteiger partial charge in [-0.15, -0.1) is 0 Å². The minimum absolute atomic E-state index is 0.304. The molecule has 0 radical (unpaired) electrons. The molecule has 1 aromatic rings. The highest BCUT2D eigenvalue weighted by Gasteiger charge is 2.24. The van der Waals surface area contributed by atoms with E-state index in [0.717, 1.165) is 12.0 Å². The third-order valence-electron chi connectivity index (χ3n) is 2.74. The van der Waals surface area contributed by atoms with Crippen LogP contribution < -0.4 is 10.1 Å². The number of nitrogens with one attached hydrogen (secondary N) is 1. The molecule has 1 aromatic carbocycles. The quantitative estimate of drug-likeness (QED) is 0.832. The maximum Gasteiger partial charge on any atom is 0.165 e. The number of halogens is 1. The first-order chi connectivity index (χ1) is 7.50. The van der Waals surface area contributed by atoms with Crippen LogP contribution in [0.15, 0.2) is 18.2 Å². The lowest BCUT2D eigenvalue weighted by molar-refractivity contribution is 0.0807. The fourth-order valence-corrected chi connectivity index (χ4v) is 1.56. The van der Waals surface area contributed by atoms with Crippen LogP contribution in [-0.2, 0) is 0 Å². The standard InChI is InChI=1S/C13H20FNO/c1-5-13(3,9-15-4)16-12-8-10(2)6-7-11(12)14/h6-8,15H,5,9H2,1-4H3. The Morgan fingerprint density at radius 1 is 1.44 bits per heavy atom. The molecule has 90 valence electrons. The summed E-state index contributed by atoms with van der Waals surface area (Å²) in [6.07, 6.45) is 0.821. The van der Waals surface area contributed by atoms with Gasteiger partial charge in [-0.2, -0.15) is 0 Å². The zero-order chi connectivity index (χ0) is 12.2. The molecular weight excluding hydrogens is 205 g/mol. The van der Waals surface area contributed by atoms with Gasteiger partial charge in [-0.3, -0.25) is 0 Å². The van der Waals surface area contributed by atoms with Gasteiger partial charge in [0.05, 0.1) is 0 Å². The monoisotopic (exact) mass is 225 g/mol. The first kappa shape index (κ1) is 13.0. The fourth-order valence-electron chi connectivity index (χ4n) is 1.56. The second-order valence-electron chi connectivity index (χ2n) is 4.37. The Morgan fingerprint density at radius 3 is 2.69 bits per heavy atom. The van der Waals surface area contributed by atoms with E-state index >= 15 is 0 Å². The van der Waals surface area contributed by atoms with Gasteiger partial charge < -0.3 is 10.1 Å². The van der Waals surface area contributed by atoms with Crippen LogP contribution in [0.25, 0.3) is 0 Å². The van der Waals surface area contributed by atoms with Crippen molar-refractivity contribution >= 4 is 0 Å². The zero-order valence-electron chi connectivity index (χ0n) is 10.4. The molecule has 0 fully saturated rings. The second kappa shape index (κ2) is 5.30. The Morgan fingerprint density at radius 2 is 2.12 bits per heavy atom. The average molecular weight is 225 g/mol. The van der Waals surface area contributed by atoms with E-state index in [1.807, 2.05) is 27.8 Å². The van der Waals surface area contributed by atoms with Crippen molar-refractivity contribution in [3.05, 3.63) is 29.6 Å². The number of likely N-dealkylation sites (N-methyl/N-ethyl adjacent to an activating group) is 1. The van der Waals surface area contributed by atoms with Gasteiger partial charge in [0.25, 0.3) is 0 Å². The van der Waals surface area contributed by atoms with E-state index in [-0.39, 0.29) is 11.4 Å². The Kier molecular flexibility index (Phi) is 4.30. The molecule has 0 bridgehead atoms. The topological polar surface area (TPSA) is 21.3 Å². The molecule has 2 nitrogen and oxygen atoms in total. The summed E-state index contributed by atoms with van der Waals surface area (Å²) < 4.78 is 19.3. The Bertz CT molecular complexity index is 354. The van der Waals surface area contributed by atoms with E-state index in [2.05, 4.69) is 5.32 Å². The second-order valence-corrected chi connectivity index (χ2v) is 4.37. The molecule has 0 saturated carbocycles. The number of rotatable bonds is 5. The van der Waals surface area contributed by atoms with Crippen molar-refractivity contribution in [2.75, 3.05) is 13.6 Å². The number of hydrogen-bond donors (Lipinski definition) is 1. The van der Waals surface area contributed by atoms with Crippen LogP contribution in [0.5, 0.6) is 5.75 Å². The molecule has 0 heterocycles. The van der Waals surface area contributed by atoms with Crippen molar-refractivity contribution in [3.63, 3.8) is 0 Å². The molecule has 0 aliphatic carbocycles. The summed E-state index contributed by atoms with van der Waals surface area (Å²) in [5, 5.41) is 3.07. The smallest absolute Gasteiger partial charge is 0.165 e. The van der Waals surface area contributed by atoms with Crippen molar-refractivity contribution in [1.82, 2.24) is 5.32 Å². The van der Waals surface area contributed by atoms with Crippen LogP contribution >= 0.6 is 0 Å². The molecule has 0 aromatic heterocycles. The number of ether oxygens (including phenoxy) is 1. The van der Waals surface area contributed by atoms with Gasteiger partial charge in [0, 0.05) is 6.54 Å². The van der Waals surface area contributed by atoms with Gasteiger partial charge in [0.2, 0.25) is 0 Å². The number of aryl methyl sites for hydroxylation is 1. The minimum Gasteiger partial charge on any atom is -0.483 e. The van der Waals surface area contributed by atoms with Crippen molar-refractivity contribution < 1.29 is 9.13 Å². The molecule has 0 amide bonds. The molecule has 1 N–H and O–H groups in total. The Balaban J connectivity index is 2.89. The first-order valence-electron chi connectivity index (χ1n) is 5.60. The lowest BCUT2D eigenvalue weighted by atomic mass is 10.0. The van der Waals surface area contributed by atoms with Crippen LogP contribution in [0.1, 0.15) is 25.8 Å². The first-order valence-corrected chi connectivity index (χ1v) is 5.60. The third kappa shape index (κ3) is 3.20. The molecule has 1 atom stereocenters. The van der Waals surface area contributed by atoms with Crippen LogP contribution in [0.4, 0.5) is 4.39 Å². The van der Waals surface area contributed by atoms with Crippen LogP contribution in [-0.4, -0.2) is 19.2 Å². The van der Waals surface area contributed by atoms with E-state index in [9.17, 15) is 4.39 Å². The van der Waals surface area contributed by atoms with E-state index in [0.29, 0.717) is 12.3 Å². The lowest BCUT2D eigenvalue weighted by Gasteiger charge is -2.29. The van der Waals surface area contributed by atoms with E-state index in [1.54, 1.807) is 12.1 Å². The fraction of sp³-hybridized carbons (Fsp3) is 0.538. The van der Waals surface area contributed by atoms with Crippen LogP contribution in [0, 0.1) is 12.7 Å². The predicted molar refractivity (Wildman–Crippen MR) is 64.4 cm³/mol. The van der Waals surface area contributed by atoms with Gasteiger partial charge in [0.1, 0.15) is 5.60 Å². The normalized spacial score (nSPS) is 14.6. The lowest BCUT2D eigenvalue weighted by Crippen LogP contribution is -2.41. The van der Waals surface area contributed by atoms with Gasteiger partial charge in [-0.1, -0.05) is 13.0 Å². The molecule has 0 saturated heterocycles. The molecule has 0 aliphatic heterocycles. The highest BCUT2D eigenvalue weighted by atomic mass is 19.1. The summed E-state index contributed by atoms with van der Waals surface area (Å²) in [5.74, 6) is 0.0287. The molecule has 1 unspecified atom stereocenters. The van der Waals surface area contributed by atoms with Crippen molar-refractivity contribution in [3.8, 4) is 5.75 Å². The minimum atomic E-state index is -0.372. The average Bonchev–Trinajstić information content (AvgIpc) is 2.24. The Hall–Kier alpha value is -1.09. The van der Waals surface area contributed by atoms with E-state index < -0.39 is 0 Å². The van der Waals surface area contributed by atoms with Crippen molar-refractivity contribution in [2.24, 2.45) is 0 Å². The van der Waals surface area contributed by atoms with Gasteiger partial charge in [0.15, 0.2) is 11.6 Å². The molecule has 0 spiro atoms. The molecule has 16 heavy (non-hydrogen) atoms. The third-order valence-corrected chi connectivity index (χ3v) is 2.74. The van der Waals surface area contributed by atoms with Gasteiger partial charge in [-0.05, 0) is 45.0 Å². The van der Waals surface area contributed by atoms with Crippen LogP contribution in [0.3, 0.4) is 0 Å². The predicted octanol–water partition coefficient (Wildman–Crippen LogP) is 2.90. The summed E-state index contributed by atoms with van der Waals surface area (Å²) in [6, 6.07) is 4.92. The molecular formula is C13H20FNO. The molecule has 1 rings (SSSR count). The van der Waals surface area contributed by atoms with Gasteiger partial charge in [-0.25, -0.2) is 4.39 Å². The maximum atomic E-state index is 13.5. The largest absolute Gasteiger partial charge is 0.483 e. The van der Waals surface area contributed by atoms with Crippen molar-refractivity contribution in [1.29, 1.82) is 0 Å². The molecule has 0 aliphatic rings. The summed E-state index contributed by atoms with van der Waals surface area (Å²) in [4.78, 5) is 0. The van der Waals surface area contributed by atoms with E-state index in [4.69, 9.17) is 4.74 Å². The van der Waals surface area contributed by atoms with Crippen LogP contribution in [0.2, 0.25) is 0 Å². The number of benzene rings is 1. The van der Waals surface area contributed by atoms with Gasteiger partial charge >= 0.3 is 0 Å². The Labute approximate surface area is 96.8 Å². The summed E-state index contributed by atoms with van der Waals surface area (Å²) in [6.45, 7) is 6.63. The zero-order valence-corrected chi connectivity index (χ0v) is 10.4. The summed E-state index contributed by atoms with van der Waals surface area (Å²) in [5.41, 5.74) is 0.628. The number of hydrogen-bond acceptors (Lipinski definition) is 2. The summed E-state index contributed by atoms with van der Waals surface area (Å²) in [7, 11) is 1.86. The van der Waals surface area contributed by atoms with Crippen molar-refractivity contribution in [2.45, 2.75) is 32.8 Å². The highest BCUT2D eigenvalue weighted by Crippen LogP contribution is 2.24. The van der Waals surface area contributed by atoms with E-state index in [1.165, 1.54) is 6.07 Å². The SMILES string of the molecule is CCC(C)(CNC)Oc1cc(C)ccc1F. The highest BCUT2D eigenvalue weighted by molar-refractivity contribution is 5.30.